The summed E-state index contributed by atoms with van der Waals surface area (Å²) >= 11 is 6.07. The second kappa shape index (κ2) is 7.90. The van der Waals surface area contributed by atoms with Crippen molar-refractivity contribution in [2.45, 2.75) is 0 Å². The number of benzene rings is 1. The van der Waals surface area contributed by atoms with Crippen LogP contribution in [0.25, 0.3) is 5.82 Å². The summed E-state index contributed by atoms with van der Waals surface area (Å²) in [5.41, 5.74) is 0.486. The van der Waals surface area contributed by atoms with Gasteiger partial charge < -0.3 is 19.1 Å². The number of amides is 1. The number of halogens is 1. The van der Waals surface area contributed by atoms with E-state index in [9.17, 15) is 4.79 Å². The Morgan fingerprint density at radius 2 is 1.75 bits per heavy atom. The van der Waals surface area contributed by atoms with Crippen LogP contribution in [0.5, 0.6) is 5.75 Å². The lowest BCUT2D eigenvalue weighted by atomic mass is 10.1. The first kappa shape index (κ1) is 18.3. The quantitative estimate of drug-likeness (QED) is 0.677. The van der Waals surface area contributed by atoms with E-state index in [0.29, 0.717) is 42.5 Å². The van der Waals surface area contributed by atoms with Gasteiger partial charge in [0, 0.05) is 49.7 Å². The first-order chi connectivity index (χ1) is 13.7. The van der Waals surface area contributed by atoms with Gasteiger partial charge in [-0.2, -0.15) is 0 Å². The Balaban J connectivity index is 1.46. The van der Waals surface area contributed by atoms with Crippen molar-refractivity contribution in [1.29, 1.82) is 0 Å². The second-order valence-corrected chi connectivity index (χ2v) is 6.89. The number of hydrogen-bond donors (Lipinski definition) is 0. The fourth-order valence-corrected chi connectivity index (χ4v) is 3.47. The van der Waals surface area contributed by atoms with Gasteiger partial charge in [-0.3, -0.25) is 4.79 Å². The molecule has 1 amide bonds. The van der Waals surface area contributed by atoms with Crippen LogP contribution in [0, 0.1) is 0 Å². The maximum Gasteiger partial charge on any atom is 0.257 e. The van der Waals surface area contributed by atoms with Gasteiger partial charge in [0.25, 0.3) is 5.91 Å². The van der Waals surface area contributed by atoms with Crippen molar-refractivity contribution >= 4 is 23.3 Å². The van der Waals surface area contributed by atoms with Crippen LogP contribution in [0.4, 0.5) is 5.82 Å². The summed E-state index contributed by atoms with van der Waals surface area (Å²) in [4.78, 5) is 25.6. The molecular formula is C20H20ClN5O2. The van der Waals surface area contributed by atoms with E-state index in [1.165, 1.54) is 0 Å². The van der Waals surface area contributed by atoms with Gasteiger partial charge in [-0.05, 0) is 30.3 Å². The van der Waals surface area contributed by atoms with Crippen LogP contribution < -0.4 is 9.64 Å². The molecule has 3 heterocycles. The summed E-state index contributed by atoms with van der Waals surface area (Å²) in [6, 6.07) is 11.0. The Morgan fingerprint density at radius 3 is 2.46 bits per heavy atom. The van der Waals surface area contributed by atoms with Crippen molar-refractivity contribution in [2.75, 3.05) is 38.2 Å². The van der Waals surface area contributed by atoms with E-state index >= 15 is 0 Å². The molecule has 0 spiro atoms. The minimum atomic E-state index is -0.0743. The number of anilines is 1. The molecule has 1 saturated heterocycles. The number of piperazine rings is 1. The molecule has 7 nitrogen and oxygen atoms in total. The van der Waals surface area contributed by atoms with E-state index in [2.05, 4.69) is 14.9 Å². The van der Waals surface area contributed by atoms with Crippen LogP contribution >= 0.6 is 11.6 Å². The Bertz CT molecular complexity index is 968. The van der Waals surface area contributed by atoms with Crippen molar-refractivity contribution in [1.82, 2.24) is 19.4 Å². The lowest BCUT2D eigenvalue weighted by molar-refractivity contribution is 0.0743. The molecule has 28 heavy (non-hydrogen) atoms. The second-order valence-electron chi connectivity index (χ2n) is 6.45. The molecule has 1 aliphatic rings. The molecule has 1 aromatic carbocycles. The van der Waals surface area contributed by atoms with Crippen LogP contribution in [-0.4, -0.2) is 58.6 Å². The van der Waals surface area contributed by atoms with Gasteiger partial charge in [-0.15, -0.1) is 0 Å². The third-order valence-electron chi connectivity index (χ3n) is 4.79. The topological polar surface area (TPSA) is 63.5 Å². The van der Waals surface area contributed by atoms with Crippen LogP contribution in [0.15, 0.2) is 55.1 Å². The van der Waals surface area contributed by atoms with E-state index < -0.39 is 0 Å². The third kappa shape index (κ3) is 3.66. The summed E-state index contributed by atoms with van der Waals surface area (Å²) in [6.07, 6.45) is 5.46. The van der Waals surface area contributed by atoms with Crippen LogP contribution in [0.3, 0.4) is 0 Å². The van der Waals surface area contributed by atoms with Crippen LogP contribution in [0.2, 0.25) is 5.02 Å². The average molecular weight is 398 g/mol. The van der Waals surface area contributed by atoms with E-state index in [-0.39, 0.29) is 5.91 Å². The highest BCUT2D eigenvalue weighted by Crippen LogP contribution is 2.25. The maximum atomic E-state index is 12.9. The summed E-state index contributed by atoms with van der Waals surface area (Å²) in [7, 11) is 1.55. The molecule has 144 valence electrons. The number of hydrogen-bond acceptors (Lipinski definition) is 5. The Labute approximate surface area is 168 Å². The number of aromatic nitrogens is 3. The fraction of sp³-hybridized carbons (Fsp3) is 0.250. The predicted octanol–water partition coefficient (Wildman–Crippen LogP) is 2.89. The fourth-order valence-electron chi connectivity index (χ4n) is 3.29. The Morgan fingerprint density at radius 1 is 1.04 bits per heavy atom. The molecule has 0 saturated carbocycles. The van der Waals surface area contributed by atoms with Crippen molar-refractivity contribution in [3.63, 3.8) is 0 Å². The molecule has 1 fully saturated rings. The van der Waals surface area contributed by atoms with Gasteiger partial charge in [0.05, 0.1) is 12.7 Å². The number of carbonyl (C=O) groups excluding carboxylic acids is 1. The third-order valence-corrected chi connectivity index (χ3v) is 5.03. The zero-order valence-corrected chi connectivity index (χ0v) is 16.2. The SMILES string of the molecule is COc1ccc(Cl)cc1C(=O)N1CCN(c2cc(-n3cccc3)ncn2)CC1. The molecule has 0 radical (unpaired) electrons. The lowest BCUT2D eigenvalue weighted by Crippen LogP contribution is -2.49. The summed E-state index contributed by atoms with van der Waals surface area (Å²) < 4.78 is 7.26. The minimum absolute atomic E-state index is 0.0743. The van der Waals surface area contributed by atoms with Gasteiger partial charge in [0.15, 0.2) is 0 Å². The highest BCUT2D eigenvalue weighted by molar-refractivity contribution is 6.31. The van der Waals surface area contributed by atoms with Crippen molar-refractivity contribution in [2.24, 2.45) is 0 Å². The Kier molecular flexibility index (Phi) is 5.16. The van der Waals surface area contributed by atoms with E-state index in [1.54, 1.807) is 31.6 Å². The zero-order chi connectivity index (χ0) is 19.5. The molecule has 0 N–H and O–H groups in total. The monoisotopic (exact) mass is 397 g/mol. The van der Waals surface area contributed by atoms with E-state index in [0.717, 1.165) is 11.6 Å². The summed E-state index contributed by atoms with van der Waals surface area (Å²) in [5.74, 6) is 2.13. The van der Waals surface area contributed by atoms with Crippen molar-refractivity contribution < 1.29 is 9.53 Å². The maximum absolute atomic E-state index is 12.9. The number of ether oxygens (including phenoxy) is 1. The molecule has 0 atom stereocenters. The molecule has 0 aliphatic carbocycles. The normalized spacial score (nSPS) is 14.2. The number of carbonyl (C=O) groups is 1. The molecule has 0 unspecified atom stereocenters. The Hall–Kier alpha value is -3.06. The molecule has 4 rings (SSSR count). The highest BCUT2D eigenvalue weighted by Gasteiger charge is 2.25. The van der Waals surface area contributed by atoms with Crippen LogP contribution in [-0.2, 0) is 0 Å². The molecule has 0 bridgehead atoms. The molecule has 8 heteroatoms. The summed E-state index contributed by atoms with van der Waals surface area (Å²) in [6.45, 7) is 2.57. The first-order valence-electron chi connectivity index (χ1n) is 8.99. The number of methoxy groups -OCH3 is 1. The van der Waals surface area contributed by atoms with Gasteiger partial charge in [-0.1, -0.05) is 11.6 Å². The molecule has 2 aromatic heterocycles. The van der Waals surface area contributed by atoms with Crippen molar-refractivity contribution in [3.05, 3.63) is 65.7 Å². The number of nitrogens with zero attached hydrogens (tertiary/aromatic N) is 5. The molecule has 1 aliphatic heterocycles. The van der Waals surface area contributed by atoms with Gasteiger partial charge >= 0.3 is 0 Å². The van der Waals surface area contributed by atoms with E-state index in [4.69, 9.17) is 16.3 Å². The largest absolute Gasteiger partial charge is 0.496 e. The minimum Gasteiger partial charge on any atom is -0.496 e. The standard InChI is InChI=1S/C20H20ClN5O2/c1-28-17-5-4-15(21)12-16(17)20(27)26-10-8-25(9-11-26)19-13-18(22-14-23-19)24-6-2-3-7-24/h2-7,12-14H,8-11H2,1H3. The smallest absolute Gasteiger partial charge is 0.257 e. The first-order valence-corrected chi connectivity index (χ1v) is 9.36. The predicted molar refractivity (Wildman–Crippen MR) is 107 cm³/mol. The molecular weight excluding hydrogens is 378 g/mol. The van der Waals surface area contributed by atoms with Gasteiger partial charge in [0.2, 0.25) is 0 Å². The lowest BCUT2D eigenvalue weighted by Gasteiger charge is -2.35. The van der Waals surface area contributed by atoms with Crippen LogP contribution in [0.1, 0.15) is 10.4 Å². The van der Waals surface area contributed by atoms with E-state index in [1.807, 2.05) is 40.1 Å². The molecule has 3 aromatic rings. The zero-order valence-electron chi connectivity index (χ0n) is 15.5. The van der Waals surface area contributed by atoms with Crippen molar-refractivity contribution in [3.8, 4) is 11.6 Å². The highest BCUT2D eigenvalue weighted by atomic mass is 35.5. The van der Waals surface area contributed by atoms with Gasteiger partial charge in [-0.25, -0.2) is 9.97 Å². The summed E-state index contributed by atoms with van der Waals surface area (Å²) in [5, 5.41) is 0.515. The number of rotatable bonds is 4. The average Bonchev–Trinajstić information content (AvgIpc) is 3.28. The van der Waals surface area contributed by atoms with Gasteiger partial charge in [0.1, 0.15) is 23.7 Å².